The van der Waals surface area contributed by atoms with E-state index in [2.05, 4.69) is 5.32 Å². The van der Waals surface area contributed by atoms with E-state index in [9.17, 15) is 4.79 Å². The van der Waals surface area contributed by atoms with Gasteiger partial charge in [0, 0.05) is 24.8 Å². The van der Waals surface area contributed by atoms with Gasteiger partial charge in [0.25, 0.3) is 0 Å². The molecule has 4 heteroatoms. The van der Waals surface area contributed by atoms with Crippen LogP contribution >= 0.6 is 0 Å². The quantitative estimate of drug-likeness (QED) is 0.771. The van der Waals surface area contributed by atoms with Crippen LogP contribution in [0.1, 0.15) is 15.9 Å². The van der Waals surface area contributed by atoms with Crippen molar-refractivity contribution in [3.05, 3.63) is 35.4 Å². The van der Waals surface area contributed by atoms with Crippen LogP contribution in [0.25, 0.3) is 0 Å². The Labute approximate surface area is 94.6 Å². The van der Waals surface area contributed by atoms with Crippen LogP contribution in [0.2, 0.25) is 0 Å². The monoisotopic (exact) mass is 221 g/mol. The Morgan fingerprint density at radius 3 is 2.69 bits per heavy atom. The summed E-state index contributed by atoms with van der Waals surface area (Å²) in [5, 5.41) is 3.30. The molecule has 1 aliphatic heterocycles. The molecule has 0 bridgehead atoms. The maximum Gasteiger partial charge on any atom is 0.168 e. The zero-order valence-electron chi connectivity index (χ0n) is 9.23. The summed E-state index contributed by atoms with van der Waals surface area (Å²) in [6, 6.07) is 7.32. The minimum atomic E-state index is -0.584. The standard InChI is InChI=1S/C12H15NO3/c1-15-12(9-16-7-6-13-12)11-4-2-10(8-14)3-5-11/h2-5,8,13H,6-7,9H2,1H3/t12-/m1/s1. The Kier molecular flexibility index (Phi) is 3.33. The molecule has 1 aromatic rings. The van der Waals surface area contributed by atoms with Gasteiger partial charge in [-0.2, -0.15) is 0 Å². The molecule has 86 valence electrons. The molecule has 0 aromatic heterocycles. The molecular weight excluding hydrogens is 206 g/mol. The van der Waals surface area contributed by atoms with Crippen molar-refractivity contribution in [2.75, 3.05) is 26.9 Å². The normalized spacial score (nSPS) is 25.3. The van der Waals surface area contributed by atoms with Crippen LogP contribution in [0.5, 0.6) is 0 Å². The van der Waals surface area contributed by atoms with Gasteiger partial charge in [-0.1, -0.05) is 24.3 Å². The number of carbonyl (C=O) groups excluding carboxylic acids is 1. The molecule has 0 radical (unpaired) electrons. The fourth-order valence-electron chi connectivity index (χ4n) is 1.86. The molecule has 0 amide bonds. The molecule has 0 unspecified atom stereocenters. The highest BCUT2D eigenvalue weighted by Crippen LogP contribution is 2.24. The van der Waals surface area contributed by atoms with Crippen molar-refractivity contribution in [1.29, 1.82) is 0 Å². The van der Waals surface area contributed by atoms with Crippen molar-refractivity contribution in [3.8, 4) is 0 Å². The average Bonchev–Trinajstić information content (AvgIpc) is 2.39. The summed E-state index contributed by atoms with van der Waals surface area (Å²) >= 11 is 0. The lowest BCUT2D eigenvalue weighted by Gasteiger charge is -2.37. The van der Waals surface area contributed by atoms with Crippen molar-refractivity contribution in [2.24, 2.45) is 0 Å². The summed E-state index contributed by atoms with van der Waals surface area (Å²) in [6.07, 6.45) is 0.827. The van der Waals surface area contributed by atoms with E-state index in [0.717, 1.165) is 18.4 Å². The third-order valence-corrected chi connectivity index (χ3v) is 2.82. The van der Waals surface area contributed by atoms with E-state index >= 15 is 0 Å². The number of benzene rings is 1. The molecular formula is C12H15NO3. The van der Waals surface area contributed by atoms with Gasteiger partial charge in [0.15, 0.2) is 5.72 Å². The molecule has 0 spiro atoms. The van der Waals surface area contributed by atoms with Gasteiger partial charge in [0.1, 0.15) is 6.29 Å². The van der Waals surface area contributed by atoms with E-state index in [-0.39, 0.29) is 0 Å². The SMILES string of the molecule is CO[C@@]1(c2ccc(C=O)cc2)COCCN1. The Balaban J connectivity index is 2.28. The third-order valence-electron chi connectivity index (χ3n) is 2.82. The van der Waals surface area contributed by atoms with Gasteiger partial charge >= 0.3 is 0 Å². The lowest BCUT2D eigenvalue weighted by atomic mass is 10.0. The van der Waals surface area contributed by atoms with Crippen molar-refractivity contribution in [3.63, 3.8) is 0 Å². The fraction of sp³-hybridized carbons (Fsp3) is 0.417. The first-order valence-electron chi connectivity index (χ1n) is 5.24. The largest absolute Gasteiger partial charge is 0.375 e. The van der Waals surface area contributed by atoms with E-state index in [1.165, 1.54) is 0 Å². The van der Waals surface area contributed by atoms with Gasteiger partial charge in [0.05, 0.1) is 13.2 Å². The van der Waals surface area contributed by atoms with Gasteiger partial charge in [-0.3, -0.25) is 10.1 Å². The van der Waals surface area contributed by atoms with Gasteiger partial charge in [-0.25, -0.2) is 0 Å². The number of nitrogens with one attached hydrogen (secondary N) is 1. The topological polar surface area (TPSA) is 47.6 Å². The summed E-state index contributed by atoms with van der Waals surface area (Å²) in [6.45, 7) is 1.92. The number of aldehydes is 1. The van der Waals surface area contributed by atoms with Crippen LogP contribution in [-0.2, 0) is 15.2 Å². The molecule has 0 saturated carbocycles. The minimum Gasteiger partial charge on any atom is -0.375 e. The number of carbonyl (C=O) groups is 1. The van der Waals surface area contributed by atoms with Gasteiger partial charge < -0.3 is 9.47 Å². The first-order chi connectivity index (χ1) is 7.80. The molecule has 0 aliphatic carbocycles. The second-order valence-corrected chi connectivity index (χ2v) is 3.75. The Morgan fingerprint density at radius 2 is 2.19 bits per heavy atom. The van der Waals surface area contributed by atoms with Gasteiger partial charge in [-0.15, -0.1) is 0 Å². The molecule has 1 heterocycles. The first-order valence-corrected chi connectivity index (χ1v) is 5.24. The Bertz CT molecular complexity index is 355. The Hall–Kier alpha value is -1.23. The summed E-state index contributed by atoms with van der Waals surface area (Å²) in [7, 11) is 1.65. The Morgan fingerprint density at radius 1 is 1.44 bits per heavy atom. The molecule has 2 rings (SSSR count). The first kappa shape index (κ1) is 11.3. The summed E-state index contributed by atoms with van der Waals surface area (Å²) in [4.78, 5) is 10.6. The number of morpholine rings is 1. The summed E-state index contributed by atoms with van der Waals surface area (Å²) in [5.41, 5.74) is 1.05. The van der Waals surface area contributed by atoms with Crippen molar-refractivity contribution >= 4 is 6.29 Å². The second-order valence-electron chi connectivity index (χ2n) is 3.75. The third kappa shape index (κ3) is 2.00. The van der Waals surface area contributed by atoms with E-state index < -0.39 is 5.72 Å². The van der Waals surface area contributed by atoms with Crippen LogP contribution in [0.15, 0.2) is 24.3 Å². The van der Waals surface area contributed by atoms with E-state index in [1.807, 2.05) is 12.1 Å². The summed E-state index contributed by atoms with van der Waals surface area (Å²) < 4.78 is 10.9. The second kappa shape index (κ2) is 4.74. The molecule has 1 aliphatic rings. The van der Waals surface area contributed by atoms with Crippen LogP contribution in [-0.4, -0.2) is 33.2 Å². The maximum atomic E-state index is 10.6. The predicted molar refractivity (Wildman–Crippen MR) is 59.3 cm³/mol. The molecule has 1 saturated heterocycles. The van der Waals surface area contributed by atoms with Gasteiger partial charge in [0.2, 0.25) is 0 Å². The maximum absolute atomic E-state index is 10.6. The highest BCUT2D eigenvalue weighted by Gasteiger charge is 2.34. The smallest absolute Gasteiger partial charge is 0.168 e. The van der Waals surface area contributed by atoms with Crippen LogP contribution in [0, 0.1) is 0 Å². The highest BCUT2D eigenvalue weighted by atomic mass is 16.6. The molecule has 4 nitrogen and oxygen atoms in total. The number of hydrogen-bond donors (Lipinski definition) is 1. The van der Waals surface area contributed by atoms with Crippen LogP contribution < -0.4 is 5.32 Å². The zero-order valence-corrected chi connectivity index (χ0v) is 9.23. The van der Waals surface area contributed by atoms with Crippen LogP contribution in [0.4, 0.5) is 0 Å². The van der Waals surface area contributed by atoms with E-state index in [1.54, 1.807) is 19.2 Å². The number of methoxy groups -OCH3 is 1. The highest BCUT2D eigenvalue weighted by molar-refractivity contribution is 5.74. The molecule has 1 aromatic carbocycles. The molecule has 1 atom stereocenters. The lowest BCUT2D eigenvalue weighted by Crippen LogP contribution is -2.52. The average molecular weight is 221 g/mol. The fourth-order valence-corrected chi connectivity index (χ4v) is 1.86. The predicted octanol–water partition coefficient (Wildman–Crippen LogP) is 0.918. The molecule has 1 N–H and O–H groups in total. The number of ether oxygens (including phenoxy) is 2. The van der Waals surface area contributed by atoms with E-state index in [0.29, 0.717) is 18.8 Å². The van der Waals surface area contributed by atoms with Crippen molar-refractivity contribution in [2.45, 2.75) is 5.72 Å². The zero-order chi connectivity index (χ0) is 11.4. The van der Waals surface area contributed by atoms with Gasteiger partial charge in [-0.05, 0) is 0 Å². The van der Waals surface area contributed by atoms with Crippen molar-refractivity contribution < 1.29 is 14.3 Å². The molecule has 1 fully saturated rings. The molecule has 16 heavy (non-hydrogen) atoms. The summed E-state index contributed by atoms with van der Waals surface area (Å²) in [5.74, 6) is 0. The van der Waals surface area contributed by atoms with E-state index in [4.69, 9.17) is 9.47 Å². The lowest BCUT2D eigenvalue weighted by molar-refractivity contribution is -0.130. The number of hydrogen-bond acceptors (Lipinski definition) is 4. The van der Waals surface area contributed by atoms with Crippen LogP contribution in [0.3, 0.4) is 0 Å². The van der Waals surface area contributed by atoms with Crippen molar-refractivity contribution in [1.82, 2.24) is 5.32 Å². The minimum absolute atomic E-state index is 0.476. The number of rotatable bonds is 3.